The fourth-order valence-corrected chi connectivity index (χ4v) is 1.97. The SMILES string of the molecule is C=C/C=C(\C=C)N1C(=O)C[C@H]1C(/C=C\C)=C/C. The maximum absolute atomic E-state index is 11.7. The van der Waals surface area contributed by atoms with Crippen LogP contribution >= 0.6 is 0 Å². The second-order valence-electron chi connectivity index (χ2n) is 3.80. The average molecular weight is 229 g/mol. The molecule has 1 rings (SSSR count). The van der Waals surface area contributed by atoms with E-state index >= 15 is 0 Å². The summed E-state index contributed by atoms with van der Waals surface area (Å²) in [6.45, 7) is 11.3. The van der Waals surface area contributed by atoms with E-state index in [2.05, 4.69) is 13.2 Å². The zero-order valence-electron chi connectivity index (χ0n) is 10.5. The third kappa shape index (κ3) is 2.64. The van der Waals surface area contributed by atoms with E-state index in [1.165, 1.54) is 0 Å². The summed E-state index contributed by atoms with van der Waals surface area (Å²) < 4.78 is 0. The molecule has 0 saturated carbocycles. The van der Waals surface area contributed by atoms with Gasteiger partial charge in [-0.1, -0.05) is 37.5 Å². The summed E-state index contributed by atoms with van der Waals surface area (Å²) in [4.78, 5) is 13.5. The van der Waals surface area contributed by atoms with E-state index < -0.39 is 0 Å². The van der Waals surface area contributed by atoms with E-state index in [-0.39, 0.29) is 11.9 Å². The van der Waals surface area contributed by atoms with Gasteiger partial charge >= 0.3 is 0 Å². The molecule has 1 atom stereocenters. The Morgan fingerprint density at radius 1 is 1.41 bits per heavy atom. The number of β-lactam (4-membered cyclic amide) rings is 1. The highest BCUT2D eigenvalue weighted by atomic mass is 16.2. The van der Waals surface area contributed by atoms with E-state index in [1.54, 1.807) is 23.1 Å². The Hall–Kier alpha value is -1.83. The molecule has 90 valence electrons. The molecule has 1 saturated heterocycles. The Labute approximate surface area is 103 Å². The molecule has 0 unspecified atom stereocenters. The van der Waals surface area contributed by atoms with Gasteiger partial charge in [0, 0.05) is 5.70 Å². The first-order chi connectivity index (χ1) is 8.19. The second kappa shape index (κ2) is 6.04. The molecule has 1 aliphatic heterocycles. The topological polar surface area (TPSA) is 20.3 Å². The van der Waals surface area contributed by atoms with Gasteiger partial charge in [-0.3, -0.25) is 4.79 Å². The lowest BCUT2D eigenvalue weighted by Gasteiger charge is -2.41. The van der Waals surface area contributed by atoms with Crippen molar-refractivity contribution in [1.82, 2.24) is 4.90 Å². The zero-order valence-corrected chi connectivity index (χ0v) is 10.5. The minimum Gasteiger partial charge on any atom is -0.304 e. The highest BCUT2D eigenvalue weighted by Crippen LogP contribution is 2.31. The van der Waals surface area contributed by atoms with Crippen LogP contribution in [0.25, 0.3) is 0 Å². The quantitative estimate of drug-likeness (QED) is 0.523. The number of hydrogen-bond donors (Lipinski definition) is 0. The Morgan fingerprint density at radius 2 is 2.12 bits per heavy atom. The molecule has 0 bridgehead atoms. The van der Waals surface area contributed by atoms with Gasteiger partial charge < -0.3 is 4.90 Å². The van der Waals surface area contributed by atoms with Gasteiger partial charge in [0.1, 0.15) is 0 Å². The second-order valence-corrected chi connectivity index (χ2v) is 3.80. The summed E-state index contributed by atoms with van der Waals surface area (Å²) >= 11 is 0. The fraction of sp³-hybridized carbons (Fsp3) is 0.267. The van der Waals surface area contributed by atoms with Crippen molar-refractivity contribution in [2.24, 2.45) is 0 Å². The van der Waals surface area contributed by atoms with Crippen molar-refractivity contribution >= 4 is 5.91 Å². The Morgan fingerprint density at radius 3 is 2.53 bits per heavy atom. The lowest BCUT2D eigenvalue weighted by Crippen LogP contribution is -2.52. The predicted octanol–water partition coefficient (Wildman–Crippen LogP) is 3.37. The molecule has 0 aliphatic carbocycles. The molecule has 1 fully saturated rings. The highest BCUT2D eigenvalue weighted by Gasteiger charge is 2.38. The molecule has 0 aromatic carbocycles. The van der Waals surface area contributed by atoms with Crippen LogP contribution in [0.1, 0.15) is 20.3 Å². The van der Waals surface area contributed by atoms with Gasteiger partial charge in [0.05, 0.1) is 12.5 Å². The van der Waals surface area contributed by atoms with Crippen LogP contribution < -0.4 is 0 Å². The third-order valence-corrected chi connectivity index (χ3v) is 2.80. The molecule has 0 aromatic rings. The Balaban J connectivity index is 2.98. The summed E-state index contributed by atoms with van der Waals surface area (Å²) in [6, 6.07) is 0.132. The number of hydrogen-bond acceptors (Lipinski definition) is 1. The molecular weight excluding hydrogens is 210 g/mol. The van der Waals surface area contributed by atoms with E-state index in [0.29, 0.717) is 6.42 Å². The van der Waals surface area contributed by atoms with Crippen LogP contribution in [-0.4, -0.2) is 16.8 Å². The van der Waals surface area contributed by atoms with Crippen LogP contribution in [0.4, 0.5) is 0 Å². The van der Waals surface area contributed by atoms with Crippen LogP contribution in [0.3, 0.4) is 0 Å². The molecule has 1 aliphatic rings. The van der Waals surface area contributed by atoms with E-state index in [0.717, 1.165) is 11.3 Å². The molecular formula is C15H19NO. The van der Waals surface area contributed by atoms with Gasteiger partial charge in [0.15, 0.2) is 0 Å². The first kappa shape index (κ1) is 13.2. The molecule has 2 nitrogen and oxygen atoms in total. The summed E-state index contributed by atoms with van der Waals surface area (Å²) in [5.74, 6) is 0.131. The van der Waals surface area contributed by atoms with Crippen LogP contribution in [0.5, 0.6) is 0 Å². The molecule has 0 spiro atoms. The van der Waals surface area contributed by atoms with Crippen molar-refractivity contribution in [3.8, 4) is 0 Å². The molecule has 2 heteroatoms. The molecule has 0 N–H and O–H groups in total. The zero-order chi connectivity index (χ0) is 12.8. The first-order valence-electron chi connectivity index (χ1n) is 5.75. The minimum absolute atomic E-state index is 0.131. The lowest BCUT2D eigenvalue weighted by atomic mass is 9.92. The van der Waals surface area contributed by atoms with Gasteiger partial charge in [-0.2, -0.15) is 0 Å². The van der Waals surface area contributed by atoms with Gasteiger partial charge in [0.25, 0.3) is 0 Å². The standard InChI is InChI=1S/C15H19NO/c1-5-9-12(7-3)14-11-15(17)16(14)13(8-4)10-6-2/h5-10,14H,2,4,11H2,1,3H3/b9-5-,12-7+,13-10+/t14-/m0/s1. The largest absolute Gasteiger partial charge is 0.304 e. The smallest absolute Gasteiger partial charge is 0.230 e. The van der Waals surface area contributed by atoms with Crippen molar-refractivity contribution in [3.05, 3.63) is 60.9 Å². The summed E-state index contributed by atoms with van der Waals surface area (Å²) in [7, 11) is 0. The summed E-state index contributed by atoms with van der Waals surface area (Å²) in [5, 5.41) is 0. The number of allylic oxidation sites excluding steroid dienone is 5. The fourth-order valence-electron chi connectivity index (χ4n) is 1.97. The lowest BCUT2D eigenvalue weighted by molar-refractivity contribution is -0.140. The summed E-state index contributed by atoms with van der Waals surface area (Å²) in [6.07, 6.45) is 11.8. The molecule has 1 heterocycles. The number of likely N-dealkylation sites (tertiary alicyclic amines) is 1. The Bertz CT molecular complexity index is 413. The third-order valence-electron chi connectivity index (χ3n) is 2.80. The van der Waals surface area contributed by atoms with Crippen molar-refractivity contribution in [2.75, 3.05) is 0 Å². The van der Waals surface area contributed by atoms with E-state index in [4.69, 9.17) is 0 Å². The van der Waals surface area contributed by atoms with Gasteiger partial charge in [-0.15, -0.1) is 0 Å². The molecule has 0 radical (unpaired) electrons. The monoisotopic (exact) mass is 229 g/mol. The van der Waals surface area contributed by atoms with Gasteiger partial charge in [-0.25, -0.2) is 0 Å². The van der Waals surface area contributed by atoms with Crippen LogP contribution in [0.15, 0.2) is 60.9 Å². The van der Waals surface area contributed by atoms with Crippen LogP contribution in [0.2, 0.25) is 0 Å². The normalized spacial score (nSPS) is 21.6. The van der Waals surface area contributed by atoms with Crippen molar-refractivity contribution in [2.45, 2.75) is 26.3 Å². The van der Waals surface area contributed by atoms with E-state index in [1.807, 2.05) is 32.1 Å². The molecule has 17 heavy (non-hydrogen) atoms. The first-order valence-corrected chi connectivity index (χ1v) is 5.75. The molecule has 0 aromatic heterocycles. The van der Waals surface area contributed by atoms with E-state index in [9.17, 15) is 4.79 Å². The predicted molar refractivity (Wildman–Crippen MR) is 72.3 cm³/mol. The van der Waals surface area contributed by atoms with Gasteiger partial charge in [0.2, 0.25) is 5.91 Å². The van der Waals surface area contributed by atoms with Crippen molar-refractivity contribution in [1.29, 1.82) is 0 Å². The number of carbonyl (C=O) groups is 1. The number of rotatable bonds is 5. The summed E-state index contributed by atoms with van der Waals surface area (Å²) in [5.41, 5.74) is 1.97. The highest BCUT2D eigenvalue weighted by molar-refractivity contribution is 5.87. The van der Waals surface area contributed by atoms with Crippen molar-refractivity contribution < 1.29 is 4.79 Å². The minimum atomic E-state index is 0.131. The Kier molecular flexibility index (Phi) is 4.70. The maximum atomic E-state index is 11.7. The van der Waals surface area contributed by atoms with Gasteiger partial charge in [-0.05, 0) is 31.6 Å². The van der Waals surface area contributed by atoms with Crippen molar-refractivity contribution in [3.63, 3.8) is 0 Å². The maximum Gasteiger partial charge on any atom is 0.230 e. The number of nitrogens with zero attached hydrogens (tertiary/aromatic N) is 1. The van der Waals surface area contributed by atoms with Crippen LogP contribution in [0, 0.1) is 0 Å². The molecule has 1 amide bonds. The van der Waals surface area contributed by atoms with Crippen LogP contribution in [-0.2, 0) is 4.79 Å². The average Bonchev–Trinajstić information content (AvgIpc) is 2.32. The number of amides is 1. The number of carbonyl (C=O) groups excluding carboxylic acids is 1.